The minimum Gasteiger partial charge on any atom is -0.390 e. The van der Waals surface area contributed by atoms with Crippen LogP contribution in [0.15, 0.2) is 30.4 Å². The molecular formula is C27H40F5N3O5S. The van der Waals surface area contributed by atoms with Gasteiger partial charge in [0.15, 0.2) is 0 Å². The first-order valence-corrected chi connectivity index (χ1v) is 15.1. The van der Waals surface area contributed by atoms with Crippen molar-refractivity contribution in [3.63, 3.8) is 0 Å². The van der Waals surface area contributed by atoms with E-state index >= 15 is 0 Å². The molecule has 8 nitrogen and oxygen atoms in total. The number of carbonyl (C=O) groups is 1. The topological polar surface area (TPSA) is 108 Å². The number of halogens is 5. The minimum atomic E-state index is -4.71. The van der Waals surface area contributed by atoms with Crippen molar-refractivity contribution in [3.8, 4) is 0 Å². The predicted octanol–water partition coefficient (Wildman–Crippen LogP) is 3.31. The number of likely N-dealkylation sites (N-methyl/N-ethyl adjacent to an activating group) is 1. The summed E-state index contributed by atoms with van der Waals surface area (Å²) in [6, 6.07) is 0.101. The summed E-state index contributed by atoms with van der Waals surface area (Å²) in [5, 5.41) is 16.9. The van der Waals surface area contributed by atoms with Crippen LogP contribution in [0.4, 0.5) is 22.0 Å². The van der Waals surface area contributed by atoms with Crippen LogP contribution in [0.25, 0.3) is 0 Å². The van der Waals surface area contributed by atoms with Crippen LogP contribution in [0.1, 0.15) is 45.1 Å². The van der Waals surface area contributed by atoms with Crippen LogP contribution in [0.3, 0.4) is 0 Å². The number of carbonyl (C=O) groups excluding carboxylic acids is 1. The SMILES string of the molecule is CC(C)C[C@@H]1COCC=CCC[C@H](N(C)S(=O)(=O)CCC(F)(F)F)C(=O)N[C@@H](Cc2cc(F)cc(F)c2)[C@H](O)CN1. The van der Waals surface area contributed by atoms with Crippen LogP contribution < -0.4 is 10.6 Å². The van der Waals surface area contributed by atoms with Crippen LogP contribution in [-0.2, 0) is 26.0 Å². The van der Waals surface area contributed by atoms with Gasteiger partial charge in [-0.2, -0.15) is 17.5 Å². The summed E-state index contributed by atoms with van der Waals surface area (Å²) in [4.78, 5) is 13.5. The number of hydrogen-bond acceptors (Lipinski definition) is 6. The second-order valence-electron chi connectivity index (χ2n) is 10.7. The Morgan fingerprint density at radius 3 is 2.41 bits per heavy atom. The quantitative estimate of drug-likeness (QED) is 0.307. The van der Waals surface area contributed by atoms with E-state index in [2.05, 4.69) is 10.6 Å². The maximum Gasteiger partial charge on any atom is 0.390 e. The van der Waals surface area contributed by atoms with Gasteiger partial charge in [0, 0.05) is 25.7 Å². The molecule has 1 aliphatic heterocycles. The lowest BCUT2D eigenvalue weighted by molar-refractivity contribution is -0.130. The molecule has 0 spiro atoms. The fourth-order valence-electron chi connectivity index (χ4n) is 4.53. The zero-order valence-electron chi connectivity index (χ0n) is 23.5. The molecule has 0 saturated carbocycles. The number of rotatable bonds is 8. The number of nitrogens with zero attached hydrogens (tertiary/aromatic N) is 1. The molecule has 1 aromatic rings. The number of allylic oxidation sites excluding steroid dienone is 1. The van der Waals surface area contributed by atoms with Gasteiger partial charge in [-0.1, -0.05) is 26.0 Å². The number of β-amino-alcohol motifs (C(OH)–C–C–N with tert-alkyl or cyclic N) is 1. The highest BCUT2D eigenvalue weighted by Gasteiger charge is 2.37. The Morgan fingerprint density at radius 2 is 1.80 bits per heavy atom. The minimum absolute atomic E-state index is 0.0380. The van der Waals surface area contributed by atoms with E-state index in [1.807, 2.05) is 13.8 Å². The van der Waals surface area contributed by atoms with E-state index < -0.39 is 64.1 Å². The highest BCUT2D eigenvalue weighted by atomic mass is 32.2. The van der Waals surface area contributed by atoms with E-state index in [-0.39, 0.29) is 44.0 Å². The summed E-state index contributed by atoms with van der Waals surface area (Å²) < 4.78 is 97.9. The molecule has 4 atom stereocenters. The number of ether oxygens (including phenoxy) is 1. The van der Waals surface area contributed by atoms with Gasteiger partial charge in [-0.3, -0.25) is 4.79 Å². The molecule has 1 amide bonds. The van der Waals surface area contributed by atoms with Gasteiger partial charge in [0.25, 0.3) is 0 Å². The Balaban J connectivity index is 2.38. The maximum absolute atomic E-state index is 13.9. The number of alkyl halides is 3. The predicted molar refractivity (Wildman–Crippen MR) is 144 cm³/mol. The molecule has 1 aliphatic rings. The molecule has 1 aromatic carbocycles. The van der Waals surface area contributed by atoms with Crippen molar-refractivity contribution in [1.29, 1.82) is 0 Å². The van der Waals surface area contributed by atoms with Crippen molar-refractivity contribution in [2.75, 3.05) is 32.6 Å². The molecule has 41 heavy (non-hydrogen) atoms. The first kappa shape index (κ1) is 35.1. The zero-order chi connectivity index (χ0) is 30.8. The fourth-order valence-corrected chi connectivity index (χ4v) is 5.90. The lowest BCUT2D eigenvalue weighted by Crippen LogP contribution is -2.56. The lowest BCUT2D eigenvalue weighted by atomic mass is 9.99. The van der Waals surface area contributed by atoms with Gasteiger partial charge in [-0.25, -0.2) is 17.2 Å². The molecule has 0 unspecified atom stereocenters. The Morgan fingerprint density at radius 1 is 1.15 bits per heavy atom. The highest BCUT2D eigenvalue weighted by molar-refractivity contribution is 7.89. The number of sulfonamides is 1. The number of benzene rings is 1. The van der Waals surface area contributed by atoms with Gasteiger partial charge in [-0.15, -0.1) is 0 Å². The van der Waals surface area contributed by atoms with Crippen molar-refractivity contribution in [2.24, 2.45) is 5.92 Å². The average molecular weight is 614 g/mol. The number of hydrogen-bond donors (Lipinski definition) is 3. The molecule has 3 N–H and O–H groups in total. The van der Waals surface area contributed by atoms with E-state index in [0.717, 1.165) is 19.2 Å². The van der Waals surface area contributed by atoms with Crippen LogP contribution in [0.2, 0.25) is 0 Å². The molecule has 0 bridgehead atoms. The summed E-state index contributed by atoms with van der Waals surface area (Å²) in [7, 11) is -3.47. The highest BCUT2D eigenvalue weighted by Crippen LogP contribution is 2.22. The van der Waals surface area contributed by atoms with E-state index in [4.69, 9.17) is 4.74 Å². The lowest BCUT2D eigenvalue weighted by Gasteiger charge is -2.31. The monoisotopic (exact) mass is 613 g/mol. The fraction of sp³-hybridized carbons (Fsp3) is 0.667. The van der Waals surface area contributed by atoms with Crippen LogP contribution in [-0.4, -0.2) is 86.7 Å². The smallest absolute Gasteiger partial charge is 0.390 e. The Labute approximate surface area is 238 Å². The molecule has 0 radical (unpaired) electrons. The van der Waals surface area contributed by atoms with Gasteiger partial charge in [-0.05, 0) is 49.3 Å². The third-order valence-corrected chi connectivity index (χ3v) is 8.52. The van der Waals surface area contributed by atoms with E-state index in [9.17, 15) is 40.3 Å². The number of aliphatic hydroxyl groups is 1. The number of amides is 1. The van der Waals surface area contributed by atoms with Crippen molar-refractivity contribution in [2.45, 2.75) is 76.4 Å². The summed E-state index contributed by atoms with van der Waals surface area (Å²) >= 11 is 0. The molecule has 234 valence electrons. The summed E-state index contributed by atoms with van der Waals surface area (Å²) in [5.41, 5.74) is 0.137. The largest absolute Gasteiger partial charge is 0.390 e. The Hall–Kier alpha value is -2.13. The Bertz CT molecular complexity index is 1100. The van der Waals surface area contributed by atoms with E-state index in [0.29, 0.717) is 29.3 Å². The van der Waals surface area contributed by atoms with E-state index in [1.165, 1.54) is 0 Å². The summed E-state index contributed by atoms with van der Waals surface area (Å²) in [6.45, 7) is 4.57. The van der Waals surface area contributed by atoms with Crippen molar-refractivity contribution in [3.05, 3.63) is 47.5 Å². The van der Waals surface area contributed by atoms with Crippen molar-refractivity contribution >= 4 is 15.9 Å². The maximum atomic E-state index is 13.9. The molecule has 14 heteroatoms. The van der Waals surface area contributed by atoms with Crippen LogP contribution in [0.5, 0.6) is 0 Å². The number of aliphatic hydroxyl groups excluding tert-OH is 1. The Kier molecular flexibility index (Phi) is 13.6. The van der Waals surface area contributed by atoms with Crippen LogP contribution in [0, 0.1) is 17.6 Å². The molecule has 0 aromatic heterocycles. The summed E-state index contributed by atoms with van der Waals surface area (Å²) in [6.07, 6.45) is -3.55. The molecular weight excluding hydrogens is 573 g/mol. The molecule has 1 heterocycles. The van der Waals surface area contributed by atoms with Gasteiger partial charge < -0.3 is 20.5 Å². The molecule has 0 saturated heterocycles. The third kappa shape index (κ3) is 12.7. The van der Waals surface area contributed by atoms with Gasteiger partial charge >= 0.3 is 6.18 Å². The first-order chi connectivity index (χ1) is 19.1. The molecule has 2 rings (SSSR count). The van der Waals surface area contributed by atoms with Crippen molar-refractivity contribution < 1.29 is 45.0 Å². The average Bonchev–Trinajstić information content (AvgIpc) is 2.85. The van der Waals surface area contributed by atoms with Gasteiger partial charge in [0.1, 0.15) is 17.7 Å². The van der Waals surface area contributed by atoms with Gasteiger partial charge in [0.05, 0.1) is 37.5 Å². The number of nitrogens with one attached hydrogen (secondary N) is 2. The van der Waals surface area contributed by atoms with E-state index in [1.54, 1.807) is 12.2 Å². The van der Waals surface area contributed by atoms with Crippen molar-refractivity contribution in [1.82, 2.24) is 14.9 Å². The molecule has 0 aliphatic carbocycles. The third-order valence-electron chi connectivity index (χ3n) is 6.67. The van der Waals surface area contributed by atoms with Gasteiger partial charge in [0.2, 0.25) is 15.9 Å². The standard InChI is InChI=1S/C27H40F5N3O5S/c1-18(2)11-22-17-40-9-6-4-5-7-24(35(3)41(38,39)10-8-27(30,31)32)26(37)34-23(25(36)16-33-22)14-19-12-20(28)15-21(29)13-19/h4,6,12-13,15,18,22-25,33,36H,5,7-11,14,16-17H2,1-3H3,(H,34,37)/t22-,23+,24+,25-/m1/s1. The van der Waals surface area contributed by atoms with Crippen LogP contribution >= 0.6 is 0 Å². The normalized spacial score (nSPS) is 24.2. The molecule has 0 fully saturated rings. The second-order valence-corrected chi connectivity index (χ2v) is 12.8. The zero-order valence-corrected chi connectivity index (χ0v) is 24.3. The summed E-state index contributed by atoms with van der Waals surface area (Å²) in [5.74, 6) is -3.51. The first-order valence-electron chi connectivity index (χ1n) is 13.5. The second kappa shape index (κ2) is 15.9.